The van der Waals surface area contributed by atoms with E-state index in [1.165, 1.54) is 12.1 Å². The minimum absolute atomic E-state index is 0.00350. The highest BCUT2D eigenvalue weighted by Gasteiger charge is 2.31. The van der Waals surface area contributed by atoms with E-state index in [1.54, 1.807) is 16.7 Å². The number of ether oxygens (including phenoxy) is 2. The van der Waals surface area contributed by atoms with Gasteiger partial charge in [0.25, 0.3) is 0 Å². The summed E-state index contributed by atoms with van der Waals surface area (Å²) in [5.74, 6) is -0.623. The van der Waals surface area contributed by atoms with Gasteiger partial charge in [0.2, 0.25) is 5.91 Å². The summed E-state index contributed by atoms with van der Waals surface area (Å²) < 4.78 is 45.7. The smallest absolute Gasteiger partial charge is 0.406 e. The average molecular weight is 430 g/mol. The van der Waals surface area contributed by atoms with Gasteiger partial charge >= 0.3 is 12.4 Å². The Morgan fingerprint density at radius 3 is 2.13 bits per heavy atom. The molecule has 1 N–H and O–H groups in total. The largest absolute Gasteiger partial charge is 0.573 e. The van der Waals surface area contributed by atoms with Crippen molar-refractivity contribution in [3.8, 4) is 5.75 Å². The summed E-state index contributed by atoms with van der Waals surface area (Å²) in [5, 5.41) is 2.69. The molecule has 8 nitrogen and oxygen atoms in total. The first kappa shape index (κ1) is 22.2. The third-order valence-corrected chi connectivity index (χ3v) is 5.15. The molecule has 2 saturated heterocycles. The van der Waals surface area contributed by atoms with Crippen molar-refractivity contribution in [2.24, 2.45) is 0 Å². The van der Waals surface area contributed by atoms with Crippen LogP contribution in [0.2, 0.25) is 0 Å². The number of urea groups is 1. The first-order chi connectivity index (χ1) is 14.2. The molecule has 3 amide bonds. The van der Waals surface area contributed by atoms with Crippen LogP contribution >= 0.6 is 0 Å². The number of amides is 3. The van der Waals surface area contributed by atoms with Gasteiger partial charge in [0.15, 0.2) is 0 Å². The second-order valence-electron chi connectivity index (χ2n) is 7.14. The highest BCUT2D eigenvalue weighted by atomic mass is 19.4. The Labute approximate surface area is 172 Å². The molecule has 2 heterocycles. The van der Waals surface area contributed by atoms with E-state index in [0.29, 0.717) is 58.2 Å². The van der Waals surface area contributed by atoms with Gasteiger partial charge in [-0.25, -0.2) is 4.79 Å². The van der Waals surface area contributed by atoms with Crippen LogP contribution < -0.4 is 10.1 Å². The lowest BCUT2D eigenvalue weighted by Crippen LogP contribution is -2.57. The molecule has 1 aromatic carbocycles. The number of rotatable bonds is 4. The Hall–Kier alpha value is -2.53. The van der Waals surface area contributed by atoms with Crippen LogP contribution in [-0.2, 0) is 9.53 Å². The Kier molecular flexibility index (Phi) is 7.03. The number of alkyl halides is 3. The summed E-state index contributed by atoms with van der Waals surface area (Å²) >= 11 is 0. The first-order valence-electron chi connectivity index (χ1n) is 9.75. The molecule has 3 rings (SSSR count). The molecule has 0 bridgehead atoms. The lowest BCUT2D eigenvalue weighted by molar-refractivity contribution is -0.274. The molecule has 2 aliphatic rings. The minimum Gasteiger partial charge on any atom is -0.406 e. The number of nitrogens with one attached hydrogen (secondary N) is 1. The van der Waals surface area contributed by atoms with Crippen LogP contribution in [0.25, 0.3) is 0 Å². The average Bonchev–Trinajstić information content (AvgIpc) is 2.74. The normalized spacial score (nSPS) is 19.3. The summed E-state index contributed by atoms with van der Waals surface area (Å²) in [4.78, 5) is 30.6. The molecule has 1 aromatic rings. The maximum Gasteiger partial charge on any atom is 0.573 e. The monoisotopic (exact) mass is 430 g/mol. The number of morpholine rings is 1. The van der Waals surface area contributed by atoms with Crippen LogP contribution in [0.3, 0.4) is 0 Å². The Bertz CT molecular complexity index is 730. The lowest BCUT2D eigenvalue weighted by atomic mass is 10.2. The van der Waals surface area contributed by atoms with E-state index in [9.17, 15) is 22.8 Å². The molecule has 1 atom stereocenters. The van der Waals surface area contributed by atoms with E-state index in [-0.39, 0.29) is 17.7 Å². The summed E-state index contributed by atoms with van der Waals surface area (Å²) in [7, 11) is 0. The maximum absolute atomic E-state index is 12.5. The molecule has 2 fully saturated rings. The zero-order valence-electron chi connectivity index (χ0n) is 16.7. The fraction of sp³-hybridized carbons (Fsp3) is 0.579. The van der Waals surface area contributed by atoms with Gasteiger partial charge in [0.05, 0.1) is 19.3 Å². The van der Waals surface area contributed by atoms with Gasteiger partial charge in [-0.05, 0) is 31.2 Å². The van der Waals surface area contributed by atoms with Crippen molar-refractivity contribution in [1.29, 1.82) is 0 Å². The van der Waals surface area contributed by atoms with Crippen LogP contribution in [-0.4, -0.2) is 91.5 Å². The number of carbonyl (C=O) groups excluding carboxylic acids is 2. The van der Waals surface area contributed by atoms with Gasteiger partial charge < -0.3 is 24.6 Å². The van der Waals surface area contributed by atoms with Gasteiger partial charge in [-0.15, -0.1) is 13.2 Å². The van der Waals surface area contributed by atoms with Gasteiger partial charge in [0.1, 0.15) is 5.75 Å². The van der Waals surface area contributed by atoms with Gasteiger partial charge in [-0.2, -0.15) is 0 Å². The fourth-order valence-corrected chi connectivity index (χ4v) is 3.41. The zero-order chi connectivity index (χ0) is 21.7. The van der Waals surface area contributed by atoms with Crippen LogP contribution in [0.1, 0.15) is 6.92 Å². The Morgan fingerprint density at radius 1 is 1.00 bits per heavy atom. The van der Waals surface area contributed by atoms with Gasteiger partial charge in [-0.3, -0.25) is 9.69 Å². The van der Waals surface area contributed by atoms with Crippen molar-refractivity contribution in [3.05, 3.63) is 24.3 Å². The number of hydrogen-bond donors (Lipinski definition) is 1. The van der Waals surface area contributed by atoms with E-state index in [0.717, 1.165) is 12.1 Å². The van der Waals surface area contributed by atoms with Crippen molar-refractivity contribution in [2.75, 3.05) is 57.8 Å². The van der Waals surface area contributed by atoms with Crippen LogP contribution in [0.4, 0.5) is 23.7 Å². The summed E-state index contributed by atoms with van der Waals surface area (Å²) in [6.07, 6.45) is -4.76. The van der Waals surface area contributed by atoms with Crippen molar-refractivity contribution < 1.29 is 32.2 Å². The summed E-state index contributed by atoms with van der Waals surface area (Å²) in [6.45, 7) is 6.20. The molecular formula is C19H25F3N4O4. The second-order valence-corrected chi connectivity index (χ2v) is 7.14. The zero-order valence-corrected chi connectivity index (χ0v) is 16.7. The third kappa shape index (κ3) is 5.99. The SMILES string of the molecule is CC(C(=O)Nc1ccc(OC(F)(F)F)cc1)N1CCN(C(=O)N2CCOCC2)CC1. The van der Waals surface area contributed by atoms with E-state index in [2.05, 4.69) is 10.1 Å². The number of halogens is 3. The molecular weight excluding hydrogens is 405 g/mol. The molecule has 1 unspecified atom stereocenters. The van der Waals surface area contributed by atoms with Crippen LogP contribution in [0, 0.1) is 0 Å². The standard InChI is InChI=1S/C19H25F3N4O4/c1-14(17(27)23-15-2-4-16(5-3-15)30-19(20,21)22)24-6-8-25(9-7-24)18(28)26-10-12-29-13-11-26/h2-5,14H,6-13H2,1H3,(H,23,27). The van der Waals surface area contributed by atoms with Crippen LogP contribution in [0.15, 0.2) is 24.3 Å². The quantitative estimate of drug-likeness (QED) is 0.791. The highest BCUT2D eigenvalue weighted by Crippen LogP contribution is 2.24. The topological polar surface area (TPSA) is 74.4 Å². The molecule has 0 saturated carbocycles. The highest BCUT2D eigenvalue weighted by molar-refractivity contribution is 5.94. The molecule has 30 heavy (non-hydrogen) atoms. The molecule has 0 spiro atoms. The molecule has 0 radical (unpaired) electrons. The number of benzene rings is 1. The fourth-order valence-electron chi connectivity index (χ4n) is 3.41. The Balaban J connectivity index is 1.47. The van der Waals surface area contributed by atoms with E-state index in [4.69, 9.17) is 4.74 Å². The predicted molar refractivity (Wildman–Crippen MR) is 102 cm³/mol. The van der Waals surface area contributed by atoms with Crippen LogP contribution in [0.5, 0.6) is 5.75 Å². The van der Waals surface area contributed by atoms with Crippen molar-refractivity contribution >= 4 is 17.6 Å². The number of piperazine rings is 1. The van der Waals surface area contributed by atoms with Gasteiger partial charge in [-0.1, -0.05) is 0 Å². The third-order valence-electron chi connectivity index (χ3n) is 5.15. The summed E-state index contributed by atoms with van der Waals surface area (Å²) in [6, 6.07) is 4.54. The van der Waals surface area contributed by atoms with Gasteiger partial charge in [0, 0.05) is 45.0 Å². The lowest BCUT2D eigenvalue weighted by Gasteiger charge is -2.40. The number of nitrogens with zero attached hydrogens (tertiary/aromatic N) is 3. The number of anilines is 1. The van der Waals surface area contributed by atoms with E-state index >= 15 is 0 Å². The molecule has 0 aliphatic carbocycles. The first-order valence-corrected chi connectivity index (χ1v) is 9.75. The second kappa shape index (κ2) is 9.52. The summed E-state index contributed by atoms with van der Waals surface area (Å²) in [5.41, 5.74) is 0.377. The van der Waals surface area contributed by atoms with Crippen molar-refractivity contribution in [2.45, 2.75) is 19.3 Å². The molecule has 2 aliphatic heterocycles. The van der Waals surface area contributed by atoms with Crippen molar-refractivity contribution in [3.63, 3.8) is 0 Å². The maximum atomic E-state index is 12.5. The molecule has 11 heteroatoms. The van der Waals surface area contributed by atoms with Crippen molar-refractivity contribution in [1.82, 2.24) is 14.7 Å². The number of hydrogen-bond acceptors (Lipinski definition) is 5. The Morgan fingerprint density at radius 2 is 1.57 bits per heavy atom. The number of carbonyl (C=O) groups is 2. The van der Waals surface area contributed by atoms with E-state index in [1.807, 2.05) is 4.90 Å². The molecule has 0 aromatic heterocycles. The minimum atomic E-state index is -4.76. The molecule has 166 valence electrons. The predicted octanol–water partition coefficient (Wildman–Crippen LogP) is 1.98. The van der Waals surface area contributed by atoms with E-state index < -0.39 is 12.4 Å².